The van der Waals surface area contributed by atoms with E-state index in [1.54, 1.807) is 0 Å². The van der Waals surface area contributed by atoms with Gasteiger partial charge in [-0.05, 0) is 12.8 Å². The van der Waals surface area contributed by atoms with E-state index in [0.29, 0.717) is 0 Å². The van der Waals surface area contributed by atoms with Crippen molar-refractivity contribution in [2.75, 3.05) is 0 Å². The molecule has 0 radical (unpaired) electrons. The molecule has 0 fully saturated rings. The standard InChI is InChI=1S/C8H17O2P/c1-3-5-7(6-4-2)8(9)10-11/h7H,3-6,11H2,1-2H3. The van der Waals surface area contributed by atoms with Gasteiger partial charge in [0.2, 0.25) is 0 Å². The van der Waals surface area contributed by atoms with Gasteiger partial charge in [-0.15, -0.1) is 0 Å². The summed E-state index contributed by atoms with van der Waals surface area (Å²) in [6.45, 7) is 4.16. The highest BCUT2D eigenvalue weighted by molar-refractivity contribution is 7.10. The van der Waals surface area contributed by atoms with E-state index in [1.165, 1.54) is 0 Å². The van der Waals surface area contributed by atoms with Crippen molar-refractivity contribution in [2.24, 2.45) is 5.92 Å². The molecular weight excluding hydrogens is 159 g/mol. The van der Waals surface area contributed by atoms with Crippen LogP contribution in [-0.4, -0.2) is 5.97 Å². The zero-order valence-corrected chi connectivity index (χ0v) is 8.45. The smallest absolute Gasteiger partial charge is 0.311 e. The van der Waals surface area contributed by atoms with Crippen LogP contribution in [0.3, 0.4) is 0 Å². The van der Waals surface area contributed by atoms with Crippen LogP contribution in [0.15, 0.2) is 0 Å². The Hall–Kier alpha value is -0.100. The predicted octanol–water partition coefficient (Wildman–Crippen LogP) is 2.54. The molecule has 0 aromatic rings. The number of rotatable bonds is 5. The minimum absolute atomic E-state index is 0.0845. The second-order valence-corrected chi connectivity index (χ2v) is 2.95. The van der Waals surface area contributed by atoms with E-state index < -0.39 is 0 Å². The average molecular weight is 176 g/mol. The number of hydrogen-bond acceptors (Lipinski definition) is 2. The maximum Gasteiger partial charge on any atom is 0.311 e. The fraction of sp³-hybridized carbons (Fsp3) is 0.875. The van der Waals surface area contributed by atoms with Gasteiger partial charge >= 0.3 is 5.97 Å². The molecule has 0 aliphatic heterocycles. The fourth-order valence-corrected chi connectivity index (χ4v) is 1.37. The van der Waals surface area contributed by atoms with E-state index >= 15 is 0 Å². The van der Waals surface area contributed by atoms with Gasteiger partial charge in [0.25, 0.3) is 0 Å². The van der Waals surface area contributed by atoms with Gasteiger partial charge < -0.3 is 4.52 Å². The van der Waals surface area contributed by atoms with E-state index in [9.17, 15) is 4.79 Å². The van der Waals surface area contributed by atoms with E-state index in [2.05, 4.69) is 18.4 Å². The SMILES string of the molecule is CCCC(CCC)C(=O)OP. The molecule has 0 aliphatic rings. The summed E-state index contributed by atoms with van der Waals surface area (Å²) in [5, 5.41) is 0. The van der Waals surface area contributed by atoms with Gasteiger partial charge in [-0.25, -0.2) is 0 Å². The molecule has 0 amide bonds. The van der Waals surface area contributed by atoms with Crippen molar-refractivity contribution in [3.63, 3.8) is 0 Å². The Morgan fingerprint density at radius 2 is 1.82 bits per heavy atom. The van der Waals surface area contributed by atoms with Crippen molar-refractivity contribution in [2.45, 2.75) is 39.5 Å². The Morgan fingerprint density at radius 3 is 2.09 bits per heavy atom. The van der Waals surface area contributed by atoms with E-state index in [0.717, 1.165) is 25.7 Å². The van der Waals surface area contributed by atoms with Crippen LogP contribution < -0.4 is 0 Å². The highest BCUT2D eigenvalue weighted by atomic mass is 31.0. The molecule has 0 saturated heterocycles. The lowest BCUT2D eigenvalue weighted by molar-refractivity contribution is -0.138. The summed E-state index contributed by atoms with van der Waals surface area (Å²) in [5.41, 5.74) is 0. The van der Waals surface area contributed by atoms with Crippen LogP contribution in [0.4, 0.5) is 0 Å². The average Bonchev–Trinajstić information content (AvgIpc) is 2.03. The van der Waals surface area contributed by atoms with Crippen molar-refractivity contribution in [3.05, 3.63) is 0 Å². The maximum atomic E-state index is 11.0. The summed E-state index contributed by atoms with van der Waals surface area (Å²) < 4.78 is 4.60. The second-order valence-electron chi connectivity index (χ2n) is 2.71. The highest BCUT2D eigenvalue weighted by Crippen LogP contribution is 2.16. The molecule has 2 nitrogen and oxygen atoms in total. The lowest BCUT2D eigenvalue weighted by atomic mass is 9.99. The van der Waals surface area contributed by atoms with Gasteiger partial charge in [0.15, 0.2) is 0 Å². The third kappa shape index (κ3) is 4.36. The van der Waals surface area contributed by atoms with Crippen LogP contribution in [0.5, 0.6) is 0 Å². The lowest BCUT2D eigenvalue weighted by Crippen LogP contribution is -2.13. The van der Waals surface area contributed by atoms with Gasteiger partial charge in [-0.1, -0.05) is 26.7 Å². The predicted molar refractivity (Wildman–Crippen MR) is 49.1 cm³/mol. The first-order chi connectivity index (χ1) is 5.26. The van der Waals surface area contributed by atoms with Crippen LogP contribution in [0.25, 0.3) is 0 Å². The number of hydrogen-bond donors (Lipinski definition) is 0. The van der Waals surface area contributed by atoms with Gasteiger partial charge in [-0.3, -0.25) is 4.79 Å². The van der Waals surface area contributed by atoms with Crippen LogP contribution in [0.1, 0.15) is 39.5 Å². The zero-order valence-electron chi connectivity index (χ0n) is 7.30. The number of carbonyl (C=O) groups is 1. The topological polar surface area (TPSA) is 26.3 Å². The molecule has 3 heteroatoms. The molecule has 66 valence electrons. The molecular formula is C8H17O2P. The highest BCUT2D eigenvalue weighted by Gasteiger charge is 2.16. The normalized spacial score (nSPS) is 10.2. The van der Waals surface area contributed by atoms with Gasteiger partial charge in [0.1, 0.15) is 0 Å². The maximum absolute atomic E-state index is 11.0. The van der Waals surface area contributed by atoms with Crippen LogP contribution in [0.2, 0.25) is 0 Å². The summed E-state index contributed by atoms with van der Waals surface area (Å²) >= 11 is 0. The zero-order chi connectivity index (χ0) is 8.69. The van der Waals surface area contributed by atoms with E-state index in [4.69, 9.17) is 0 Å². The molecule has 0 rings (SSSR count). The number of carbonyl (C=O) groups excluding carboxylic acids is 1. The van der Waals surface area contributed by atoms with Crippen LogP contribution in [-0.2, 0) is 9.32 Å². The first-order valence-electron chi connectivity index (χ1n) is 4.16. The van der Waals surface area contributed by atoms with Gasteiger partial charge in [0, 0.05) is 0 Å². The third-order valence-electron chi connectivity index (χ3n) is 1.72. The molecule has 11 heavy (non-hydrogen) atoms. The van der Waals surface area contributed by atoms with Crippen LogP contribution in [0, 0.1) is 5.92 Å². The van der Waals surface area contributed by atoms with Crippen molar-refractivity contribution in [1.82, 2.24) is 0 Å². The van der Waals surface area contributed by atoms with Crippen molar-refractivity contribution < 1.29 is 9.32 Å². The molecule has 0 saturated carbocycles. The molecule has 0 N–H and O–H groups in total. The molecule has 0 aliphatic carbocycles. The molecule has 1 atom stereocenters. The first kappa shape index (κ1) is 10.9. The summed E-state index contributed by atoms with van der Waals surface area (Å²) in [6.07, 6.45) is 3.98. The second kappa shape index (κ2) is 6.60. The van der Waals surface area contributed by atoms with Gasteiger partial charge in [-0.2, -0.15) is 0 Å². The Morgan fingerprint density at radius 1 is 1.36 bits per heavy atom. The Balaban J connectivity index is 3.76. The Labute approximate surface area is 71.0 Å². The minimum atomic E-state index is -0.0845. The first-order valence-corrected chi connectivity index (χ1v) is 4.63. The summed E-state index contributed by atoms with van der Waals surface area (Å²) in [6, 6.07) is 0. The fourth-order valence-electron chi connectivity index (χ4n) is 1.17. The van der Waals surface area contributed by atoms with Crippen molar-refractivity contribution >= 4 is 15.4 Å². The quantitative estimate of drug-likeness (QED) is 0.602. The molecule has 0 aromatic heterocycles. The molecule has 0 aromatic carbocycles. The van der Waals surface area contributed by atoms with E-state index in [-0.39, 0.29) is 11.9 Å². The van der Waals surface area contributed by atoms with Gasteiger partial charge in [0.05, 0.1) is 15.4 Å². The van der Waals surface area contributed by atoms with Crippen LogP contribution >= 0.6 is 9.47 Å². The van der Waals surface area contributed by atoms with Crippen molar-refractivity contribution in [1.29, 1.82) is 0 Å². The van der Waals surface area contributed by atoms with Crippen molar-refractivity contribution in [3.8, 4) is 0 Å². The Bertz CT molecular complexity index is 109. The summed E-state index contributed by atoms with van der Waals surface area (Å²) in [5.74, 6) is 0.0289. The molecule has 0 spiro atoms. The third-order valence-corrected chi connectivity index (χ3v) is 1.96. The summed E-state index contributed by atoms with van der Waals surface area (Å²) in [7, 11) is 2.01. The molecule has 1 unspecified atom stereocenters. The Kier molecular flexibility index (Phi) is 6.54. The minimum Gasteiger partial charge on any atom is -0.451 e. The monoisotopic (exact) mass is 176 g/mol. The summed E-state index contributed by atoms with van der Waals surface area (Å²) in [4.78, 5) is 11.0. The lowest BCUT2D eigenvalue weighted by Gasteiger charge is -2.11. The largest absolute Gasteiger partial charge is 0.451 e. The van der Waals surface area contributed by atoms with E-state index in [1.807, 2.05) is 9.47 Å². The molecule has 0 bridgehead atoms. The molecule has 0 heterocycles.